The van der Waals surface area contributed by atoms with Crippen LogP contribution in [0.25, 0.3) is 16.6 Å². The molecule has 0 unspecified atom stereocenters. The Morgan fingerprint density at radius 3 is 2.66 bits per heavy atom. The van der Waals surface area contributed by atoms with Gasteiger partial charge in [-0.1, -0.05) is 36.6 Å². The molecule has 0 spiro atoms. The molecule has 0 aliphatic rings. The molecule has 8 heteroatoms. The highest BCUT2D eigenvalue weighted by molar-refractivity contribution is 6.34. The van der Waals surface area contributed by atoms with E-state index in [0.717, 1.165) is 47.0 Å². The van der Waals surface area contributed by atoms with Crippen LogP contribution in [0.15, 0.2) is 42.7 Å². The molecule has 4 rings (SSSR count). The van der Waals surface area contributed by atoms with E-state index in [1.807, 2.05) is 29.7 Å². The number of nitrogens with one attached hydrogen (secondary N) is 1. The van der Waals surface area contributed by atoms with Crippen molar-refractivity contribution in [1.82, 2.24) is 24.6 Å². The normalized spacial score (nSPS) is 11.1. The van der Waals surface area contributed by atoms with Gasteiger partial charge in [0.1, 0.15) is 12.2 Å². The van der Waals surface area contributed by atoms with Gasteiger partial charge in [0.15, 0.2) is 6.29 Å². The lowest BCUT2D eigenvalue weighted by Gasteiger charge is -2.13. The van der Waals surface area contributed by atoms with Gasteiger partial charge in [-0.15, -0.1) is 0 Å². The quantitative estimate of drug-likeness (QED) is 0.416. The SMILES string of the molecule is CCCc1c(C=O)c2cc(C)ccc2n1CNC(=O)c1ccc(-n2cnc(C)n2)cc1Cl. The molecule has 4 aromatic rings. The molecule has 0 saturated heterocycles. The molecule has 0 saturated carbocycles. The van der Waals surface area contributed by atoms with Gasteiger partial charge in [0.25, 0.3) is 5.91 Å². The highest BCUT2D eigenvalue weighted by Gasteiger charge is 2.18. The highest BCUT2D eigenvalue weighted by atomic mass is 35.5. The number of carbonyl (C=O) groups is 2. The summed E-state index contributed by atoms with van der Waals surface area (Å²) >= 11 is 6.41. The van der Waals surface area contributed by atoms with Crippen molar-refractivity contribution in [3.05, 3.63) is 76.0 Å². The second-order valence-electron chi connectivity index (χ2n) is 7.74. The maximum absolute atomic E-state index is 12.9. The summed E-state index contributed by atoms with van der Waals surface area (Å²) in [5.41, 5.74) is 4.70. The van der Waals surface area contributed by atoms with Crippen molar-refractivity contribution in [2.24, 2.45) is 0 Å². The zero-order valence-corrected chi connectivity index (χ0v) is 19.0. The third-order valence-corrected chi connectivity index (χ3v) is 5.75. The molecule has 0 aliphatic heterocycles. The summed E-state index contributed by atoms with van der Waals surface area (Å²) in [5, 5.41) is 8.44. The van der Waals surface area contributed by atoms with Crippen LogP contribution < -0.4 is 5.32 Å². The Balaban J connectivity index is 1.61. The highest BCUT2D eigenvalue weighted by Crippen LogP contribution is 2.27. The van der Waals surface area contributed by atoms with Crippen LogP contribution in [0, 0.1) is 13.8 Å². The lowest BCUT2D eigenvalue weighted by Crippen LogP contribution is -2.27. The predicted molar refractivity (Wildman–Crippen MR) is 125 cm³/mol. The van der Waals surface area contributed by atoms with Crippen molar-refractivity contribution in [1.29, 1.82) is 0 Å². The Hall–Kier alpha value is -3.45. The molecule has 0 bridgehead atoms. The minimum absolute atomic E-state index is 0.238. The fourth-order valence-electron chi connectivity index (χ4n) is 3.91. The summed E-state index contributed by atoms with van der Waals surface area (Å²) in [7, 11) is 0. The van der Waals surface area contributed by atoms with Crippen LogP contribution in [-0.4, -0.2) is 31.5 Å². The number of rotatable bonds is 7. The topological polar surface area (TPSA) is 81.8 Å². The first-order valence-electron chi connectivity index (χ1n) is 10.5. The molecule has 0 aliphatic carbocycles. The van der Waals surface area contributed by atoms with Crippen LogP contribution in [0.1, 0.15) is 51.1 Å². The van der Waals surface area contributed by atoms with Gasteiger partial charge in [0, 0.05) is 16.6 Å². The number of aromatic nitrogens is 4. The number of hydrogen-bond acceptors (Lipinski definition) is 4. The van der Waals surface area contributed by atoms with E-state index in [1.54, 1.807) is 36.1 Å². The molecule has 32 heavy (non-hydrogen) atoms. The number of nitrogens with zero attached hydrogens (tertiary/aromatic N) is 4. The molecule has 2 aromatic heterocycles. The summed E-state index contributed by atoms with van der Waals surface area (Å²) in [5.74, 6) is 0.357. The van der Waals surface area contributed by atoms with E-state index in [-0.39, 0.29) is 12.6 Å². The minimum atomic E-state index is -0.291. The smallest absolute Gasteiger partial charge is 0.254 e. The number of aryl methyl sites for hydroxylation is 2. The third kappa shape index (κ3) is 4.03. The Morgan fingerprint density at radius 1 is 1.19 bits per heavy atom. The average molecular weight is 450 g/mol. The fourth-order valence-corrected chi connectivity index (χ4v) is 4.17. The van der Waals surface area contributed by atoms with E-state index in [9.17, 15) is 9.59 Å². The van der Waals surface area contributed by atoms with Crippen LogP contribution in [-0.2, 0) is 13.1 Å². The molecule has 164 valence electrons. The van der Waals surface area contributed by atoms with Crippen LogP contribution in [0.2, 0.25) is 5.02 Å². The standard InChI is InChI=1S/C24H24ClN5O2/c1-4-5-22-20(12-31)19-10-15(2)6-9-23(19)29(22)13-27-24(32)18-8-7-17(11-21(18)25)30-14-26-16(3)28-30/h6-12,14H,4-5,13H2,1-3H3,(H,27,32). The summed E-state index contributed by atoms with van der Waals surface area (Å²) in [6, 6.07) is 11.1. The molecule has 2 heterocycles. The predicted octanol–water partition coefficient (Wildman–Crippen LogP) is 4.64. The molecule has 7 nitrogen and oxygen atoms in total. The summed E-state index contributed by atoms with van der Waals surface area (Å²) in [4.78, 5) is 28.9. The lowest BCUT2D eigenvalue weighted by molar-refractivity contribution is 0.0942. The lowest BCUT2D eigenvalue weighted by atomic mass is 10.1. The second-order valence-corrected chi connectivity index (χ2v) is 8.15. The van der Waals surface area contributed by atoms with Crippen molar-refractivity contribution in [3.63, 3.8) is 0 Å². The molecular weight excluding hydrogens is 426 g/mol. The maximum Gasteiger partial charge on any atom is 0.254 e. The molecule has 0 atom stereocenters. The van der Waals surface area contributed by atoms with Crippen molar-refractivity contribution >= 4 is 34.7 Å². The number of halogens is 1. The number of aldehydes is 1. The van der Waals surface area contributed by atoms with E-state index in [4.69, 9.17) is 11.6 Å². The van der Waals surface area contributed by atoms with Crippen molar-refractivity contribution in [3.8, 4) is 5.69 Å². The maximum atomic E-state index is 12.9. The van der Waals surface area contributed by atoms with Crippen molar-refractivity contribution in [2.75, 3.05) is 0 Å². The molecule has 2 aromatic carbocycles. The van der Waals surface area contributed by atoms with Crippen LogP contribution in [0.3, 0.4) is 0 Å². The zero-order valence-electron chi connectivity index (χ0n) is 18.2. The van der Waals surface area contributed by atoms with Gasteiger partial charge in [-0.2, -0.15) is 5.10 Å². The first-order chi connectivity index (χ1) is 15.4. The Labute approximate surface area is 191 Å². The van der Waals surface area contributed by atoms with Gasteiger partial charge in [0.05, 0.1) is 28.5 Å². The number of benzene rings is 2. The Kier molecular flexibility index (Phi) is 6.10. The van der Waals surface area contributed by atoms with E-state index in [0.29, 0.717) is 22.0 Å². The van der Waals surface area contributed by atoms with Gasteiger partial charge in [0.2, 0.25) is 0 Å². The largest absolute Gasteiger partial charge is 0.334 e. The van der Waals surface area contributed by atoms with Gasteiger partial charge < -0.3 is 9.88 Å². The Morgan fingerprint density at radius 2 is 2.00 bits per heavy atom. The molecule has 0 fully saturated rings. The van der Waals surface area contributed by atoms with E-state index >= 15 is 0 Å². The molecule has 1 N–H and O–H groups in total. The number of hydrogen-bond donors (Lipinski definition) is 1. The monoisotopic (exact) mass is 449 g/mol. The van der Waals surface area contributed by atoms with E-state index < -0.39 is 0 Å². The zero-order chi connectivity index (χ0) is 22.8. The first-order valence-corrected chi connectivity index (χ1v) is 10.8. The fraction of sp³-hybridized carbons (Fsp3) is 0.250. The second kappa shape index (κ2) is 8.96. The number of amides is 1. The summed E-state index contributed by atoms with van der Waals surface area (Å²) < 4.78 is 3.61. The minimum Gasteiger partial charge on any atom is -0.334 e. The Bertz CT molecular complexity index is 1320. The third-order valence-electron chi connectivity index (χ3n) is 5.44. The van der Waals surface area contributed by atoms with Gasteiger partial charge >= 0.3 is 0 Å². The number of fused-ring (bicyclic) bond motifs is 1. The summed E-state index contributed by atoms with van der Waals surface area (Å²) in [6.07, 6.45) is 4.13. The average Bonchev–Trinajstić information content (AvgIpc) is 3.33. The van der Waals surface area contributed by atoms with E-state index in [2.05, 4.69) is 22.3 Å². The first kappa shape index (κ1) is 21.8. The van der Waals surface area contributed by atoms with Crippen molar-refractivity contribution in [2.45, 2.75) is 40.3 Å². The molecule has 0 radical (unpaired) electrons. The van der Waals surface area contributed by atoms with Gasteiger partial charge in [-0.25, -0.2) is 9.67 Å². The van der Waals surface area contributed by atoms with Crippen LogP contribution >= 0.6 is 11.6 Å². The summed E-state index contributed by atoms with van der Waals surface area (Å²) in [6.45, 7) is 6.11. The van der Waals surface area contributed by atoms with Gasteiger partial charge in [-0.3, -0.25) is 9.59 Å². The van der Waals surface area contributed by atoms with Crippen molar-refractivity contribution < 1.29 is 9.59 Å². The van der Waals surface area contributed by atoms with Crippen LogP contribution in [0.5, 0.6) is 0 Å². The molecular formula is C24H24ClN5O2. The molecule has 1 amide bonds. The number of carbonyl (C=O) groups excluding carboxylic acids is 2. The van der Waals surface area contributed by atoms with Crippen LogP contribution in [0.4, 0.5) is 0 Å². The van der Waals surface area contributed by atoms with Gasteiger partial charge in [-0.05, 0) is 50.6 Å². The van der Waals surface area contributed by atoms with E-state index in [1.165, 1.54) is 0 Å².